The van der Waals surface area contributed by atoms with Crippen molar-refractivity contribution in [3.63, 3.8) is 0 Å². The predicted molar refractivity (Wildman–Crippen MR) is 94.4 cm³/mol. The molecule has 0 atom stereocenters. The van der Waals surface area contributed by atoms with Gasteiger partial charge in [0, 0.05) is 11.6 Å². The van der Waals surface area contributed by atoms with Crippen molar-refractivity contribution in [2.75, 3.05) is 0 Å². The van der Waals surface area contributed by atoms with Gasteiger partial charge in [-0.15, -0.1) is 0 Å². The molecule has 142 valence electrons. The molecule has 2 aromatic carbocycles. The zero-order valence-electron chi connectivity index (χ0n) is 14.8. The Hall–Kier alpha value is -2.96. The molecule has 1 heterocycles. The summed E-state index contributed by atoms with van der Waals surface area (Å²) in [7, 11) is 0. The van der Waals surface area contributed by atoms with Crippen molar-refractivity contribution in [1.29, 1.82) is 0 Å². The summed E-state index contributed by atoms with van der Waals surface area (Å²) in [5.74, 6) is -2.65. The number of phenols is 1. The lowest BCUT2D eigenvalue weighted by molar-refractivity contribution is -0.154. The van der Waals surface area contributed by atoms with E-state index in [1.807, 2.05) is 20.8 Å². The van der Waals surface area contributed by atoms with Gasteiger partial charge in [-0.1, -0.05) is 39.0 Å². The van der Waals surface area contributed by atoms with E-state index in [4.69, 9.17) is 9.15 Å². The van der Waals surface area contributed by atoms with Gasteiger partial charge in [-0.05, 0) is 23.6 Å². The Balaban J connectivity index is 2.28. The van der Waals surface area contributed by atoms with Crippen LogP contribution in [0, 0.1) is 0 Å². The van der Waals surface area contributed by atoms with E-state index in [1.54, 1.807) is 18.2 Å². The van der Waals surface area contributed by atoms with Crippen molar-refractivity contribution >= 4 is 11.0 Å². The van der Waals surface area contributed by atoms with Gasteiger partial charge in [-0.2, -0.15) is 13.2 Å². The number of aromatic hydroxyl groups is 1. The summed E-state index contributed by atoms with van der Waals surface area (Å²) < 4.78 is 50.9. The van der Waals surface area contributed by atoms with Crippen LogP contribution in [0.25, 0.3) is 11.0 Å². The van der Waals surface area contributed by atoms with Crippen molar-refractivity contribution < 1.29 is 27.4 Å². The molecule has 0 saturated heterocycles. The monoisotopic (exact) mass is 378 g/mol. The molecule has 0 aliphatic heterocycles. The van der Waals surface area contributed by atoms with Gasteiger partial charge in [0.05, 0.1) is 5.39 Å². The number of hydrogen-bond acceptors (Lipinski definition) is 4. The summed E-state index contributed by atoms with van der Waals surface area (Å²) in [6.07, 6.45) is -4.95. The van der Waals surface area contributed by atoms with E-state index in [2.05, 4.69) is 0 Å². The number of alkyl halides is 3. The fourth-order valence-corrected chi connectivity index (χ4v) is 2.73. The Kier molecular flexibility index (Phi) is 4.41. The maximum atomic E-state index is 13.5. The van der Waals surface area contributed by atoms with E-state index in [-0.39, 0.29) is 22.5 Å². The molecule has 0 radical (unpaired) electrons. The molecule has 0 saturated carbocycles. The van der Waals surface area contributed by atoms with E-state index in [0.29, 0.717) is 5.56 Å². The predicted octanol–water partition coefficient (Wildman–Crippen LogP) is 5.61. The minimum atomic E-state index is -4.95. The van der Waals surface area contributed by atoms with E-state index < -0.39 is 28.5 Å². The van der Waals surface area contributed by atoms with Crippen LogP contribution in [-0.4, -0.2) is 5.11 Å². The molecule has 4 nitrogen and oxygen atoms in total. The van der Waals surface area contributed by atoms with Crippen LogP contribution in [0.3, 0.4) is 0 Å². The van der Waals surface area contributed by atoms with Gasteiger partial charge in [0.2, 0.25) is 11.2 Å². The molecule has 1 aromatic heterocycles. The van der Waals surface area contributed by atoms with Crippen LogP contribution < -0.4 is 10.2 Å². The number of benzene rings is 2. The SMILES string of the molecule is CC(C)(C)c1ccccc1Oc1c(C(F)(F)F)oc2cc(O)ccc2c1=O. The summed E-state index contributed by atoms with van der Waals surface area (Å²) in [6, 6.07) is 9.92. The van der Waals surface area contributed by atoms with Crippen molar-refractivity contribution in [1.82, 2.24) is 0 Å². The first-order chi connectivity index (χ1) is 12.5. The molecule has 0 bridgehead atoms. The highest BCUT2D eigenvalue weighted by Crippen LogP contribution is 2.40. The van der Waals surface area contributed by atoms with E-state index in [9.17, 15) is 23.1 Å². The van der Waals surface area contributed by atoms with E-state index in [0.717, 1.165) is 6.07 Å². The summed E-state index contributed by atoms with van der Waals surface area (Å²) >= 11 is 0. The summed E-state index contributed by atoms with van der Waals surface area (Å²) in [6.45, 7) is 5.64. The number of rotatable bonds is 2. The Morgan fingerprint density at radius 3 is 2.33 bits per heavy atom. The summed E-state index contributed by atoms with van der Waals surface area (Å²) in [5.41, 5.74) is -1.11. The van der Waals surface area contributed by atoms with Crippen molar-refractivity contribution in [3.05, 3.63) is 64.0 Å². The Morgan fingerprint density at radius 1 is 1.04 bits per heavy atom. The Labute approximate surface area is 152 Å². The molecule has 1 N–H and O–H groups in total. The Morgan fingerprint density at radius 2 is 1.70 bits per heavy atom. The van der Waals surface area contributed by atoms with Gasteiger partial charge < -0.3 is 14.3 Å². The first-order valence-corrected chi connectivity index (χ1v) is 8.13. The second kappa shape index (κ2) is 6.33. The topological polar surface area (TPSA) is 59.7 Å². The van der Waals surface area contributed by atoms with Crippen LogP contribution in [0.1, 0.15) is 32.1 Å². The lowest BCUT2D eigenvalue weighted by Gasteiger charge is -2.23. The number of phenolic OH excluding ortho intramolecular Hbond substituents is 1. The molecular weight excluding hydrogens is 361 g/mol. The van der Waals surface area contributed by atoms with Crippen LogP contribution >= 0.6 is 0 Å². The highest BCUT2D eigenvalue weighted by atomic mass is 19.4. The smallest absolute Gasteiger partial charge is 0.453 e. The minimum Gasteiger partial charge on any atom is -0.508 e. The zero-order chi connectivity index (χ0) is 20.0. The number of para-hydroxylation sites is 1. The van der Waals surface area contributed by atoms with Gasteiger partial charge >= 0.3 is 6.18 Å². The van der Waals surface area contributed by atoms with Crippen molar-refractivity contribution in [3.8, 4) is 17.2 Å². The normalized spacial score (nSPS) is 12.4. The fourth-order valence-electron chi connectivity index (χ4n) is 2.73. The van der Waals surface area contributed by atoms with Crippen LogP contribution in [0.5, 0.6) is 17.2 Å². The molecule has 3 aromatic rings. The molecule has 0 spiro atoms. The molecule has 0 aliphatic rings. The van der Waals surface area contributed by atoms with Gasteiger partial charge in [0.15, 0.2) is 0 Å². The average Bonchev–Trinajstić information content (AvgIpc) is 2.55. The molecule has 0 fully saturated rings. The van der Waals surface area contributed by atoms with Crippen molar-refractivity contribution in [2.24, 2.45) is 0 Å². The Bertz CT molecular complexity index is 1060. The van der Waals surface area contributed by atoms with Crippen LogP contribution in [0.2, 0.25) is 0 Å². The van der Waals surface area contributed by atoms with Gasteiger partial charge in [0.1, 0.15) is 17.1 Å². The number of halogens is 3. The highest BCUT2D eigenvalue weighted by molar-refractivity contribution is 5.79. The number of ether oxygens (including phenoxy) is 1. The van der Waals surface area contributed by atoms with Crippen LogP contribution in [0.4, 0.5) is 13.2 Å². The lowest BCUT2D eigenvalue weighted by Crippen LogP contribution is -2.17. The quantitative estimate of drug-likeness (QED) is 0.630. The minimum absolute atomic E-state index is 0.121. The largest absolute Gasteiger partial charge is 0.508 e. The van der Waals surface area contributed by atoms with Gasteiger partial charge in [0.25, 0.3) is 5.76 Å². The second-order valence-electron chi connectivity index (χ2n) is 7.12. The fraction of sp³-hybridized carbons (Fsp3) is 0.250. The number of hydrogen-bond donors (Lipinski definition) is 1. The first kappa shape index (κ1) is 18.8. The van der Waals surface area contributed by atoms with Gasteiger partial charge in [-0.3, -0.25) is 4.79 Å². The number of fused-ring (bicyclic) bond motifs is 1. The molecular formula is C20H17F3O4. The molecule has 0 aliphatic carbocycles. The van der Waals surface area contributed by atoms with E-state index in [1.165, 1.54) is 18.2 Å². The van der Waals surface area contributed by atoms with Crippen LogP contribution in [-0.2, 0) is 11.6 Å². The first-order valence-electron chi connectivity index (χ1n) is 8.13. The van der Waals surface area contributed by atoms with Gasteiger partial charge in [-0.25, -0.2) is 0 Å². The third kappa shape index (κ3) is 3.63. The average molecular weight is 378 g/mol. The lowest BCUT2D eigenvalue weighted by atomic mass is 9.86. The zero-order valence-corrected chi connectivity index (χ0v) is 14.8. The third-order valence-corrected chi connectivity index (χ3v) is 4.00. The molecule has 27 heavy (non-hydrogen) atoms. The highest BCUT2D eigenvalue weighted by Gasteiger charge is 2.41. The summed E-state index contributed by atoms with van der Waals surface area (Å²) in [4.78, 5) is 12.7. The summed E-state index contributed by atoms with van der Waals surface area (Å²) in [5, 5.41) is 9.35. The van der Waals surface area contributed by atoms with Crippen molar-refractivity contribution in [2.45, 2.75) is 32.4 Å². The molecule has 0 amide bonds. The third-order valence-electron chi connectivity index (χ3n) is 4.00. The maximum absolute atomic E-state index is 13.5. The molecule has 3 rings (SSSR count). The maximum Gasteiger partial charge on any atom is 0.453 e. The van der Waals surface area contributed by atoms with Crippen LogP contribution in [0.15, 0.2) is 51.7 Å². The standard InChI is InChI=1S/C20H17F3O4/c1-19(2,3)13-6-4-5-7-14(13)26-17-16(25)12-9-8-11(24)10-15(12)27-18(17)20(21,22)23/h4-10,24H,1-3H3. The second-order valence-corrected chi connectivity index (χ2v) is 7.12. The molecule has 0 unspecified atom stereocenters. The van der Waals surface area contributed by atoms with E-state index >= 15 is 0 Å². The molecule has 7 heteroatoms.